The van der Waals surface area contributed by atoms with Gasteiger partial charge in [0.15, 0.2) is 0 Å². The minimum Gasteiger partial charge on any atom is -0.330 e. The van der Waals surface area contributed by atoms with Crippen LogP contribution in [0.25, 0.3) is 22.0 Å². The topological polar surface area (TPSA) is 33.2 Å². The number of hydrogen-bond acceptors (Lipinski definition) is 2. The Kier molecular flexibility index (Phi) is 3.57. The van der Waals surface area contributed by atoms with Gasteiger partial charge in [0.1, 0.15) is 5.69 Å². The molecule has 0 unspecified atom stereocenters. The summed E-state index contributed by atoms with van der Waals surface area (Å²) >= 11 is 0. The molecule has 1 aliphatic heterocycles. The van der Waals surface area contributed by atoms with Gasteiger partial charge in [-0.25, -0.2) is 4.98 Å². The zero-order chi connectivity index (χ0) is 16.7. The molecule has 0 saturated heterocycles. The predicted octanol–water partition coefficient (Wildman–Crippen LogP) is 4.66. The van der Waals surface area contributed by atoms with Gasteiger partial charge in [-0.3, -0.25) is 4.79 Å². The Balaban J connectivity index is 1.97. The summed E-state index contributed by atoms with van der Waals surface area (Å²) in [6.07, 6.45) is 0.948. The second-order valence-corrected chi connectivity index (χ2v) is 6.39. The number of aromatic nitrogens is 1. The largest absolute Gasteiger partial charge is 0.330 e. The molecule has 1 aromatic heterocycles. The Labute approximate surface area is 141 Å². The molecule has 0 bridgehead atoms. The minimum absolute atomic E-state index is 0.0577. The van der Waals surface area contributed by atoms with E-state index in [0.717, 1.165) is 34.0 Å². The second kappa shape index (κ2) is 5.75. The van der Waals surface area contributed by atoms with Crippen LogP contribution in [0, 0.1) is 0 Å². The van der Waals surface area contributed by atoms with E-state index in [1.165, 1.54) is 0 Å². The number of carbonyl (C=O) groups excluding carboxylic acids is 1. The van der Waals surface area contributed by atoms with Crippen molar-refractivity contribution in [3.63, 3.8) is 0 Å². The lowest BCUT2D eigenvalue weighted by Gasteiger charge is -2.22. The van der Waals surface area contributed by atoms with Gasteiger partial charge >= 0.3 is 0 Å². The lowest BCUT2D eigenvalue weighted by atomic mass is 9.99. The summed E-state index contributed by atoms with van der Waals surface area (Å²) in [7, 11) is 0. The first-order chi connectivity index (χ1) is 11.7. The van der Waals surface area contributed by atoms with Crippen molar-refractivity contribution in [3.05, 3.63) is 65.9 Å². The van der Waals surface area contributed by atoms with Gasteiger partial charge in [-0.2, -0.15) is 0 Å². The number of benzene rings is 2. The zero-order valence-electron chi connectivity index (χ0n) is 14.0. The third-order valence-electron chi connectivity index (χ3n) is 4.98. The zero-order valence-corrected chi connectivity index (χ0v) is 14.0. The highest BCUT2D eigenvalue weighted by molar-refractivity contribution is 6.06. The first-order valence-electron chi connectivity index (χ1n) is 8.48. The van der Waals surface area contributed by atoms with Gasteiger partial charge in [0.05, 0.1) is 5.69 Å². The van der Waals surface area contributed by atoms with E-state index in [4.69, 9.17) is 4.98 Å². The fourth-order valence-electron chi connectivity index (χ4n) is 3.43. The van der Waals surface area contributed by atoms with E-state index in [0.29, 0.717) is 12.2 Å². The van der Waals surface area contributed by atoms with Gasteiger partial charge in [-0.1, -0.05) is 61.5 Å². The van der Waals surface area contributed by atoms with E-state index in [-0.39, 0.29) is 11.9 Å². The summed E-state index contributed by atoms with van der Waals surface area (Å²) in [5, 5.41) is 2.25. The maximum absolute atomic E-state index is 12.9. The summed E-state index contributed by atoms with van der Waals surface area (Å²) in [6, 6.07) is 18.6. The van der Waals surface area contributed by atoms with Gasteiger partial charge in [0, 0.05) is 29.1 Å². The van der Waals surface area contributed by atoms with Crippen LogP contribution in [0.3, 0.4) is 0 Å². The Hall–Kier alpha value is -2.68. The van der Waals surface area contributed by atoms with E-state index in [1.807, 2.05) is 47.4 Å². The molecule has 1 atom stereocenters. The van der Waals surface area contributed by atoms with Crippen molar-refractivity contribution in [2.24, 2.45) is 0 Å². The summed E-state index contributed by atoms with van der Waals surface area (Å²) in [4.78, 5) is 19.6. The predicted molar refractivity (Wildman–Crippen MR) is 96.8 cm³/mol. The molecular weight excluding hydrogens is 296 g/mol. The molecule has 0 spiro atoms. The Bertz CT molecular complexity index is 918. The van der Waals surface area contributed by atoms with E-state index in [9.17, 15) is 4.79 Å². The van der Waals surface area contributed by atoms with Crippen LogP contribution >= 0.6 is 0 Å². The van der Waals surface area contributed by atoms with Crippen LogP contribution in [0.15, 0.2) is 54.6 Å². The molecule has 0 radical (unpaired) electrons. The molecule has 0 fully saturated rings. The fraction of sp³-hybridized carbons (Fsp3) is 0.238. The van der Waals surface area contributed by atoms with Crippen LogP contribution in [-0.4, -0.2) is 21.8 Å². The van der Waals surface area contributed by atoms with Crippen molar-refractivity contribution in [3.8, 4) is 11.3 Å². The fourth-order valence-corrected chi connectivity index (χ4v) is 3.43. The van der Waals surface area contributed by atoms with Crippen LogP contribution in [0.4, 0.5) is 0 Å². The number of carbonyl (C=O) groups is 1. The van der Waals surface area contributed by atoms with Crippen LogP contribution in [-0.2, 0) is 6.54 Å². The summed E-state index contributed by atoms with van der Waals surface area (Å²) in [5.41, 5.74) is 3.62. The number of fused-ring (bicyclic) bond motifs is 3. The number of nitrogens with zero attached hydrogens (tertiary/aromatic N) is 2. The molecule has 1 amide bonds. The molecule has 120 valence electrons. The van der Waals surface area contributed by atoms with Crippen molar-refractivity contribution in [2.45, 2.75) is 32.9 Å². The van der Waals surface area contributed by atoms with Crippen molar-refractivity contribution in [1.82, 2.24) is 9.88 Å². The third-order valence-corrected chi connectivity index (χ3v) is 4.98. The highest BCUT2D eigenvalue weighted by atomic mass is 16.2. The Morgan fingerprint density at radius 3 is 2.38 bits per heavy atom. The molecule has 4 rings (SSSR count). The van der Waals surface area contributed by atoms with Crippen LogP contribution < -0.4 is 0 Å². The van der Waals surface area contributed by atoms with Crippen LogP contribution in [0.2, 0.25) is 0 Å². The maximum atomic E-state index is 12.9. The highest BCUT2D eigenvalue weighted by Gasteiger charge is 2.33. The van der Waals surface area contributed by atoms with E-state index in [1.54, 1.807) is 0 Å². The van der Waals surface area contributed by atoms with Gasteiger partial charge in [0.2, 0.25) is 0 Å². The SMILES string of the molecule is CC[C@@H](C)N1Cc2c(nc(-c3ccccc3)c3ccccc23)C1=O. The molecule has 3 nitrogen and oxygen atoms in total. The summed E-state index contributed by atoms with van der Waals surface area (Å²) in [5.74, 6) is 0.0577. The minimum atomic E-state index is 0.0577. The monoisotopic (exact) mass is 316 g/mol. The smallest absolute Gasteiger partial charge is 0.273 e. The van der Waals surface area contributed by atoms with Gasteiger partial charge in [0.25, 0.3) is 5.91 Å². The lowest BCUT2D eigenvalue weighted by Crippen LogP contribution is -2.32. The van der Waals surface area contributed by atoms with Crippen molar-refractivity contribution < 1.29 is 4.79 Å². The standard InChI is InChI=1S/C21H20N2O/c1-3-14(2)23-13-18-16-11-7-8-12-17(16)19(22-20(18)21(23)24)15-9-5-4-6-10-15/h4-12,14H,3,13H2,1-2H3/t14-/m1/s1. The average Bonchev–Trinajstić information content (AvgIpc) is 2.98. The van der Waals surface area contributed by atoms with Crippen LogP contribution in [0.1, 0.15) is 36.3 Å². The summed E-state index contributed by atoms with van der Waals surface area (Å²) < 4.78 is 0. The van der Waals surface area contributed by atoms with Gasteiger partial charge < -0.3 is 4.90 Å². The van der Waals surface area contributed by atoms with Gasteiger partial charge in [-0.15, -0.1) is 0 Å². The number of pyridine rings is 1. The second-order valence-electron chi connectivity index (χ2n) is 6.39. The van der Waals surface area contributed by atoms with E-state index >= 15 is 0 Å². The molecule has 2 heterocycles. The first kappa shape index (κ1) is 14.9. The molecule has 1 aliphatic rings. The average molecular weight is 316 g/mol. The molecular formula is C21H20N2O. The molecule has 24 heavy (non-hydrogen) atoms. The van der Waals surface area contributed by atoms with E-state index < -0.39 is 0 Å². The normalized spacial score (nSPS) is 14.9. The molecule has 0 N–H and O–H groups in total. The Morgan fingerprint density at radius 1 is 1.00 bits per heavy atom. The number of hydrogen-bond donors (Lipinski definition) is 0. The maximum Gasteiger partial charge on any atom is 0.273 e. The highest BCUT2D eigenvalue weighted by Crippen LogP contribution is 2.35. The van der Waals surface area contributed by atoms with Crippen LogP contribution in [0.5, 0.6) is 0 Å². The molecule has 0 aliphatic carbocycles. The molecule has 3 heteroatoms. The van der Waals surface area contributed by atoms with Crippen molar-refractivity contribution in [1.29, 1.82) is 0 Å². The summed E-state index contributed by atoms with van der Waals surface area (Å²) in [6.45, 7) is 4.87. The van der Waals surface area contributed by atoms with Gasteiger partial charge in [-0.05, 0) is 18.7 Å². The molecule has 3 aromatic rings. The first-order valence-corrected chi connectivity index (χ1v) is 8.48. The Morgan fingerprint density at radius 2 is 1.67 bits per heavy atom. The lowest BCUT2D eigenvalue weighted by molar-refractivity contribution is 0.0709. The molecule has 2 aromatic carbocycles. The van der Waals surface area contributed by atoms with Crippen molar-refractivity contribution >= 4 is 16.7 Å². The number of rotatable bonds is 3. The third kappa shape index (κ3) is 2.20. The number of amides is 1. The van der Waals surface area contributed by atoms with E-state index in [2.05, 4.69) is 26.0 Å². The quantitative estimate of drug-likeness (QED) is 0.704. The van der Waals surface area contributed by atoms with Crippen molar-refractivity contribution in [2.75, 3.05) is 0 Å². The molecule has 0 saturated carbocycles.